The van der Waals surface area contributed by atoms with Gasteiger partial charge in [-0.25, -0.2) is 9.59 Å². The highest BCUT2D eigenvalue weighted by atomic mass is 79.9. The number of nitrogens with zero attached hydrogens (tertiary/aromatic N) is 1. The topological polar surface area (TPSA) is 76.1 Å². The molecule has 1 aliphatic heterocycles. The Kier molecular flexibility index (Phi) is 7.11. The number of piperidine rings is 1. The SMILES string of the molecule is C[Si](C)(C)CCOC(=O)O[C@H]1CN(C(=O)O)CCC1c1cccc(Br)c1. The van der Waals surface area contributed by atoms with E-state index in [0.29, 0.717) is 19.6 Å². The largest absolute Gasteiger partial charge is 0.508 e. The Bertz CT molecular complexity index is 649. The Morgan fingerprint density at radius 3 is 2.69 bits per heavy atom. The first kappa shape index (κ1) is 20.8. The molecule has 1 amide bonds. The number of rotatable bonds is 5. The van der Waals surface area contributed by atoms with Gasteiger partial charge in [-0.3, -0.25) is 0 Å². The number of carboxylic acid groups (broad SMARTS) is 1. The molecule has 2 atom stereocenters. The summed E-state index contributed by atoms with van der Waals surface area (Å²) in [6.07, 6.45) is -1.69. The molecule has 0 aromatic heterocycles. The highest BCUT2D eigenvalue weighted by molar-refractivity contribution is 9.10. The van der Waals surface area contributed by atoms with Crippen LogP contribution in [0.15, 0.2) is 28.7 Å². The maximum Gasteiger partial charge on any atom is 0.508 e. The minimum atomic E-state index is -1.30. The molecule has 1 aromatic rings. The maximum absolute atomic E-state index is 12.1. The van der Waals surface area contributed by atoms with E-state index in [1.54, 1.807) is 0 Å². The van der Waals surface area contributed by atoms with E-state index in [4.69, 9.17) is 9.47 Å². The van der Waals surface area contributed by atoms with E-state index in [-0.39, 0.29) is 12.5 Å². The number of benzene rings is 1. The van der Waals surface area contributed by atoms with Crippen LogP contribution >= 0.6 is 15.9 Å². The van der Waals surface area contributed by atoms with E-state index in [0.717, 1.165) is 16.1 Å². The Labute approximate surface area is 163 Å². The fraction of sp³-hybridized carbons (Fsp3) is 0.556. The number of amides is 1. The number of carbonyl (C=O) groups excluding carboxylic acids is 1. The molecule has 1 aliphatic rings. The van der Waals surface area contributed by atoms with E-state index in [9.17, 15) is 14.7 Å². The number of likely N-dealkylation sites (tertiary alicyclic amines) is 1. The second-order valence-electron chi connectivity index (χ2n) is 7.74. The van der Waals surface area contributed by atoms with Crippen molar-refractivity contribution in [1.82, 2.24) is 4.90 Å². The monoisotopic (exact) mass is 443 g/mol. The Hall–Kier alpha value is -1.54. The third-order valence-electron chi connectivity index (χ3n) is 4.43. The molecule has 0 saturated carbocycles. The third-order valence-corrected chi connectivity index (χ3v) is 6.62. The minimum absolute atomic E-state index is 0.0624. The fourth-order valence-corrected chi connectivity index (χ4v) is 4.06. The molecule has 0 spiro atoms. The van der Waals surface area contributed by atoms with Crippen LogP contribution in [0, 0.1) is 0 Å². The van der Waals surface area contributed by atoms with Gasteiger partial charge in [-0.2, -0.15) is 0 Å². The van der Waals surface area contributed by atoms with Crippen molar-refractivity contribution in [2.45, 2.75) is 44.1 Å². The maximum atomic E-state index is 12.1. The van der Waals surface area contributed by atoms with Gasteiger partial charge >= 0.3 is 12.2 Å². The smallest absolute Gasteiger partial charge is 0.465 e. The second-order valence-corrected chi connectivity index (χ2v) is 14.3. The Morgan fingerprint density at radius 2 is 2.08 bits per heavy atom. The molecular formula is C18H26BrNO5Si. The van der Waals surface area contributed by atoms with Crippen molar-refractivity contribution in [3.05, 3.63) is 34.3 Å². The van der Waals surface area contributed by atoms with Crippen molar-refractivity contribution < 1.29 is 24.2 Å². The number of ether oxygens (including phenoxy) is 2. The summed E-state index contributed by atoms with van der Waals surface area (Å²) < 4.78 is 11.7. The Morgan fingerprint density at radius 1 is 1.35 bits per heavy atom. The van der Waals surface area contributed by atoms with E-state index in [2.05, 4.69) is 35.6 Å². The minimum Gasteiger partial charge on any atom is -0.465 e. The van der Waals surface area contributed by atoms with E-state index in [1.165, 1.54) is 4.90 Å². The summed E-state index contributed by atoms with van der Waals surface area (Å²) >= 11 is 3.45. The first-order valence-corrected chi connectivity index (χ1v) is 13.2. The molecular weight excluding hydrogens is 418 g/mol. The lowest BCUT2D eigenvalue weighted by Gasteiger charge is -2.36. The molecule has 1 N–H and O–H groups in total. The fourth-order valence-electron chi connectivity index (χ4n) is 2.93. The molecule has 1 fully saturated rings. The highest BCUT2D eigenvalue weighted by Gasteiger charge is 2.35. The van der Waals surface area contributed by atoms with Crippen LogP contribution in [-0.2, 0) is 9.47 Å². The average molecular weight is 444 g/mol. The second kappa shape index (κ2) is 8.90. The number of hydrogen-bond acceptors (Lipinski definition) is 4. The van der Waals surface area contributed by atoms with Crippen molar-refractivity contribution in [2.75, 3.05) is 19.7 Å². The molecule has 8 heteroatoms. The quantitative estimate of drug-likeness (QED) is 0.523. The summed E-state index contributed by atoms with van der Waals surface area (Å²) in [7, 11) is -1.30. The van der Waals surface area contributed by atoms with Gasteiger partial charge in [-0.15, -0.1) is 0 Å². The highest BCUT2D eigenvalue weighted by Crippen LogP contribution is 2.32. The van der Waals surface area contributed by atoms with Crippen molar-refractivity contribution in [3.63, 3.8) is 0 Å². The van der Waals surface area contributed by atoms with Gasteiger partial charge in [0.2, 0.25) is 0 Å². The number of hydrogen-bond donors (Lipinski definition) is 1. The molecule has 0 bridgehead atoms. The summed E-state index contributed by atoms with van der Waals surface area (Å²) in [4.78, 5) is 24.7. The third kappa shape index (κ3) is 6.32. The van der Waals surface area contributed by atoms with Gasteiger partial charge in [0.05, 0.1) is 13.2 Å². The summed E-state index contributed by atoms with van der Waals surface area (Å²) in [5.74, 6) is -0.0624. The van der Waals surface area contributed by atoms with Gasteiger partial charge in [0.15, 0.2) is 0 Å². The van der Waals surface area contributed by atoms with Crippen molar-refractivity contribution in [2.24, 2.45) is 0 Å². The molecule has 6 nitrogen and oxygen atoms in total. The zero-order chi connectivity index (χ0) is 19.3. The standard InChI is InChI=1S/C18H26BrNO5Si/c1-26(2,3)10-9-24-18(23)25-16-12-20(17(21)22)8-7-15(16)13-5-4-6-14(19)11-13/h4-6,11,15-16H,7-10,12H2,1-3H3,(H,21,22)/t15?,16-/m0/s1. The molecule has 2 rings (SSSR count). The Balaban J connectivity index is 2.05. The van der Waals surface area contributed by atoms with Gasteiger partial charge in [-0.1, -0.05) is 47.7 Å². The molecule has 1 unspecified atom stereocenters. The summed E-state index contributed by atoms with van der Waals surface area (Å²) in [6.45, 7) is 7.52. The van der Waals surface area contributed by atoms with Crippen molar-refractivity contribution in [1.29, 1.82) is 0 Å². The predicted molar refractivity (Wildman–Crippen MR) is 105 cm³/mol. The van der Waals surface area contributed by atoms with Gasteiger partial charge in [0, 0.05) is 25.0 Å². The van der Waals surface area contributed by atoms with Crippen LogP contribution in [0.4, 0.5) is 9.59 Å². The lowest BCUT2D eigenvalue weighted by molar-refractivity contribution is -0.0108. The van der Waals surface area contributed by atoms with Crippen molar-refractivity contribution >= 4 is 36.3 Å². The lowest BCUT2D eigenvalue weighted by Crippen LogP contribution is -2.47. The molecule has 0 radical (unpaired) electrons. The molecule has 26 heavy (non-hydrogen) atoms. The molecule has 1 saturated heterocycles. The zero-order valence-electron chi connectivity index (χ0n) is 15.4. The van der Waals surface area contributed by atoms with Crippen LogP contribution in [0.25, 0.3) is 0 Å². The first-order valence-electron chi connectivity index (χ1n) is 8.72. The first-order chi connectivity index (χ1) is 12.2. The van der Waals surface area contributed by atoms with Gasteiger partial charge in [-0.05, 0) is 30.2 Å². The lowest BCUT2D eigenvalue weighted by atomic mass is 9.87. The summed E-state index contributed by atoms with van der Waals surface area (Å²) in [5.41, 5.74) is 1.02. The van der Waals surface area contributed by atoms with E-state index in [1.807, 2.05) is 24.3 Å². The van der Waals surface area contributed by atoms with Gasteiger partial charge in [0.1, 0.15) is 6.10 Å². The van der Waals surface area contributed by atoms with Crippen LogP contribution in [0.5, 0.6) is 0 Å². The number of halogens is 1. The molecule has 144 valence electrons. The predicted octanol–water partition coefficient (Wildman–Crippen LogP) is 4.78. The number of carbonyl (C=O) groups is 2. The zero-order valence-corrected chi connectivity index (χ0v) is 18.0. The molecule has 1 aromatic carbocycles. The molecule has 0 aliphatic carbocycles. The van der Waals surface area contributed by atoms with Crippen molar-refractivity contribution in [3.8, 4) is 0 Å². The van der Waals surface area contributed by atoms with Crippen LogP contribution in [0.2, 0.25) is 25.7 Å². The van der Waals surface area contributed by atoms with Gasteiger partial charge < -0.3 is 19.5 Å². The normalized spacial score (nSPS) is 20.5. The summed E-state index contributed by atoms with van der Waals surface area (Å²) in [5, 5.41) is 9.27. The van der Waals surface area contributed by atoms with Crippen LogP contribution < -0.4 is 0 Å². The van der Waals surface area contributed by atoms with Crippen LogP contribution in [-0.4, -0.2) is 56.1 Å². The van der Waals surface area contributed by atoms with Crippen LogP contribution in [0.1, 0.15) is 17.9 Å². The summed E-state index contributed by atoms with van der Waals surface area (Å²) in [6, 6.07) is 8.67. The van der Waals surface area contributed by atoms with E-state index >= 15 is 0 Å². The van der Waals surface area contributed by atoms with E-state index < -0.39 is 26.4 Å². The van der Waals surface area contributed by atoms with Crippen LogP contribution in [0.3, 0.4) is 0 Å². The average Bonchev–Trinajstić information content (AvgIpc) is 2.53. The molecule has 1 heterocycles. The van der Waals surface area contributed by atoms with Gasteiger partial charge in [0.25, 0.3) is 0 Å².